The molecule has 1 atom stereocenters. The lowest BCUT2D eigenvalue weighted by molar-refractivity contribution is -0.138. The number of carboxylic acids is 1. The smallest absolute Gasteiger partial charge is 0.307 e. The molecule has 0 radical (unpaired) electrons. The van der Waals surface area contributed by atoms with Crippen LogP contribution in [0.2, 0.25) is 0 Å². The monoisotopic (exact) mass is 458 g/mol. The summed E-state index contributed by atoms with van der Waals surface area (Å²) in [6.45, 7) is 1.69. The van der Waals surface area contributed by atoms with E-state index in [1.54, 1.807) is 36.4 Å². The molecule has 8 nitrogen and oxygen atoms in total. The number of carboxylic acid groups (broad SMARTS) is 1. The number of carbonyl (C=O) groups is 2. The first-order valence-corrected chi connectivity index (χ1v) is 11.1. The molecule has 1 aliphatic rings. The third-order valence-electron chi connectivity index (χ3n) is 5.23. The molecule has 3 aromatic carbocycles. The van der Waals surface area contributed by atoms with Gasteiger partial charge in [-0.25, -0.2) is 0 Å². The van der Waals surface area contributed by atoms with E-state index in [4.69, 9.17) is 4.74 Å². The Bertz CT molecular complexity index is 1150. The van der Waals surface area contributed by atoms with Crippen molar-refractivity contribution in [1.82, 2.24) is 5.32 Å². The normalized spacial score (nSPS) is 13.7. The van der Waals surface area contributed by atoms with E-state index in [1.165, 1.54) is 0 Å². The van der Waals surface area contributed by atoms with Gasteiger partial charge in [0.15, 0.2) is 5.96 Å². The van der Waals surface area contributed by atoms with Crippen LogP contribution >= 0.6 is 0 Å². The van der Waals surface area contributed by atoms with Gasteiger partial charge in [-0.15, -0.1) is 0 Å². The predicted molar refractivity (Wildman–Crippen MR) is 131 cm³/mol. The molecule has 1 heterocycles. The first kappa shape index (κ1) is 22.8. The van der Waals surface area contributed by atoms with Crippen LogP contribution in [0.25, 0.3) is 0 Å². The van der Waals surface area contributed by atoms with Crippen LogP contribution in [0.15, 0.2) is 83.9 Å². The summed E-state index contributed by atoms with van der Waals surface area (Å²) in [5.41, 5.74) is 2.76. The standard InChI is InChI=1S/C26H26N4O4/c31-24(32)17-23(18-5-2-1-3-6-18)34-22-13-11-20(12-14-22)29-25(33)19-7-9-21(10-8-19)30-26-27-15-4-16-28-26/h1-3,5-14,23H,4,15-17H2,(H,29,33)(H,31,32)(H2,27,28,30). The molecule has 174 valence electrons. The fourth-order valence-electron chi connectivity index (χ4n) is 3.50. The van der Waals surface area contributed by atoms with Crippen molar-refractivity contribution in [3.63, 3.8) is 0 Å². The molecule has 34 heavy (non-hydrogen) atoms. The van der Waals surface area contributed by atoms with Gasteiger partial charge in [-0.2, -0.15) is 0 Å². The van der Waals surface area contributed by atoms with Crippen molar-refractivity contribution in [3.05, 3.63) is 90.0 Å². The molecule has 1 aliphatic heterocycles. The zero-order chi connectivity index (χ0) is 23.8. The molecule has 0 spiro atoms. The van der Waals surface area contributed by atoms with E-state index in [2.05, 4.69) is 20.9 Å². The number of carbonyl (C=O) groups excluding carboxylic acids is 1. The lowest BCUT2D eigenvalue weighted by Crippen LogP contribution is -2.35. The van der Waals surface area contributed by atoms with Crippen LogP contribution in [0.5, 0.6) is 5.75 Å². The SMILES string of the molecule is O=C(O)CC(Oc1ccc(NC(=O)c2ccc(NC3=NCCCN3)cc2)cc1)c1ccccc1. The van der Waals surface area contributed by atoms with Crippen molar-refractivity contribution in [2.24, 2.45) is 4.99 Å². The Balaban J connectivity index is 1.35. The quantitative estimate of drug-likeness (QED) is 0.401. The van der Waals surface area contributed by atoms with Gasteiger partial charge in [0.05, 0.1) is 6.42 Å². The largest absolute Gasteiger partial charge is 0.485 e. The first-order chi connectivity index (χ1) is 16.6. The van der Waals surface area contributed by atoms with E-state index in [9.17, 15) is 14.7 Å². The van der Waals surface area contributed by atoms with Crippen LogP contribution in [0.1, 0.15) is 34.9 Å². The third-order valence-corrected chi connectivity index (χ3v) is 5.23. The number of guanidine groups is 1. The Morgan fingerprint density at radius 2 is 1.68 bits per heavy atom. The predicted octanol–water partition coefficient (Wildman–Crippen LogP) is 4.29. The highest BCUT2D eigenvalue weighted by molar-refractivity contribution is 6.04. The number of rotatable bonds is 8. The van der Waals surface area contributed by atoms with E-state index < -0.39 is 12.1 Å². The molecule has 0 fully saturated rings. The Kier molecular flexibility index (Phi) is 7.39. The summed E-state index contributed by atoms with van der Waals surface area (Å²) < 4.78 is 5.92. The van der Waals surface area contributed by atoms with Crippen LogP contribution in [0.4, 0.5) is 11.4 Å². The highest BCUT2D eigenvalue weighted by Crippen LogP contribution is 2.26. The Hall–Kier alpha value is -4.33. The second-order valence-electron chi connectivity index (χ2n) is 7.81. The maximum Gasteiger partial charge on any atom is 0.307 e. The van der Waals surface area contributed by atoms with Crippen molar-refractivity contribution >= 4 is 29.2 Å². The van der Waals surface area contributed by atoms with Crippen LogP contribution in [0, 0.1) is 0 Å². The fourth-order valence-corrected chi connectivity index (χ4v) is 3.50. The van der Waals surface area contributed by atoms with E-state index in [0.717, 1.165) is 36.7 Å². The average molecular weight is 459 g/mol. The molecule has 4 rings (SSSR count). The number of hydrogen-bond donors (Lipinski definition) is 4. The molecular formula is C26H26N4O4. The highest BCUT2D eigenvalue weighted by Gasteiger charge is 2.17. The Labute approximate surface area is 197 Å². The molecule has 3 aromatic rings. The Morgan fingerprint density at radius 1 is 0.971 bits per heavy atom. The van der Waals surface area contributed by atoms with E-state index in [1.807, 2.05) is 42.5 Å². The molecule has 8 heteroatoms. The number of aliphatic imine (C=N–C) groups is 1. The van der Waals surface area contributed by atoms with Gasteiger partial charge in [-0.3, -0.25) is 14.6 Å². The second-order valence-corrected chi connectivity index (χ2v) is 7.81. The van der Waals surface area contributed by atoms with Gasteiger partial charge in [0.1, 0.15) is 11.9 Å². The minimum Gasteiger partial charge on any atom is -0.485 e. The number of ether oxygens (including phenoxy) is 1. The third kappa shape index (κ3) is 6.35. The van der Waals surface area contributed by atoms with E-state index in [0.29, 0.717) is 17.0 Å². The zero-order valence-electron chi connectivity index (χ0n) is 18.5. The summed E-state index contributed by atoms with van der Waals surface area (Å²) in [4.78, 5) is 28.3. The molecule has 0 saturated heterocycles. The average Bonchev–Trinajstić information content (AvgIpc) is 2.86. The summed E-state index contributed by atoms with van der Waals surface area (Å²) in [6, 6.07) is 23.2. The lowest BCUT2D eigenvalue weighted by atomic mass is 10.1. The maximum atomic E-state index is 12.6. The van der Waals surface area contributed by atoms with Crippen LogP contribution < -0.4 is 20.7 Å². The van der Waals surface area contributed by atoms with E-state index >= 15 is 0 Å². The van der Waals surface area contributed by atoms with Crippen LogP contribution in [-0.4, -0.2) is 36.0 Å². The minimum absolute atomic E-state index is 0.156. The first-order valence-electron chi connectivity index (χ1n) is 11.1. The zero-order valence-corrected chi connectivity index (χ0v) is 18.5. The van der Waals surface area contributed by atoms with Gasteiger partial charge in [-0.05, 0) is 60.5 Å². The number of amides is 1. The second kappa shape index (κ2) is 11.0. The van der Waals surface area contributed by atoms with Crippen molar-refractivity contribution in [1.29, 1.82) is 0 Å². The minimum atomic E-state index is -0.943. The van der Waals surface area contributed by atoms with Crippen LogP contribution in [-0.2, 0) is 4.79 Å². The molecule has 0 bridgehead atoms. The number of nitrogens with zero attached hydrogens (tertiary/aromatic N) is 1. The molecule has 0 aliphatic carbocycles. The van der Waals surface area contributed by atoms with Gasteiger partial charge in [0.25, 0.3) is 5.91 Å². The number of hydrogen-bond acceptors (Lipinski definition) is 6. The number of benzene rings is 3. The fraction of sp³-hybridized carbons (Fsp3) is 0.192. The Morgan fingerprint density at radius 3 is 2.32 bits per heavy atom. The van der Waals surface area contributed by atoms with Crippen molar-refractivity contribution < 1.29 is 19.4 Å². The molecular weight excluding hydrogens is 432 g/mol. The van der Waals surface area contributed by atoms with Gasteiger partial charge in [-0.1, -0.05) is 30.3 Å². The summed E-state index contributed by atoms with van der Waals surface area (Å²) in [7, 11) is 0. The number of anilines is 2. The molecule has 1 unspecified atom stereocenters. The van der Waals surface area contributed by atoms with Gasteiger partial charge in [0.2, 0.25) is 0 Å². The highest BCUT2D eigenvalue weighted by atomic mass is 16.5. The molecule has 0 saturated carbocycles. The molecule has 4 N–H and O–H groups in total. The summed E-state index contributed by atoms with van der Waals surface area (Å²) in [5, 5.41) is 18.5. The van der Waals surface area contributed by atoms with E-state index in [-0.39, 0.29) is 12.3 Å². The lowest BCUT2D eigenvalue weighted by Gasteiger charge is -2.18. The number of nitrogens with one attached hydrogen (secondary N) is 3. The van der Waals surface area contributed by atoms with Crippen molar-refractivity contribution in [2.75, 3.05) is 23.7 Å². The summed E-state index contributed by atoms with van der Waals surface area (Å²) >= 11 is 0. The summed E-state index contributed by atoms with van der Waals surface area (Å²) in [6.07, 6.45) is 0.255. The van der Waals surface area contributed by atoms with Gasteiger partial charge < -0.3 is 25.8 Å². The van der Waals surface area contributed by atoms with Gasteiger partial charge >= 0.3 is 5.97 Å². The number of aliphatic carboxylic acids is 1. The maximum absolute atomic E-state index is 12.6. The summed E-state index contributed by atoms with van der Waals surface area (Å²) in [5.74, 6) is 0.0784. The molecule has 1 amide bonds. The van der Waals surface area contributed by atoms with Crippen LogP contribution in [0.3, 0.4) is 0 Å². The van der Waals surface area contributed by atoms with Gasteiger partial charge in [0, 0.05) is 30.0 Å². The van der Waals surface area contributed by atoms with Crippen molar-refractivity contribution in [3.8, 4) is 5.75 Å². The van der Waals surface area contributed by atoms with Crippen molar-refractivity contribution in [2.45, 2.75) is 18.9 Å². The topological polar surface area (TPSA) is 112 Å². The molecule has 0 aromatic heterocycles.